The van der Waals surface area contributed by atoms with Crippen LogP contribution in [0.5, 0.6) is 11.5 Å². The smallest absolute Gasteiger partial charge is 0.234 e. The van der Waals surface area contributed by atoms with Crippen molar-refractivity contribution in [2.24, 2.45) is 0 Å². The average Bonchev–Trinajstić information content (AvgIpc) is 2.82. The molecule has 0 unspecified atom stereocenters. The number of amides is 1. The van der Waals surface area contributed by atoms with E-state index in [9.17, 15) is 4.79 Å². The Balaban J connectivity index is 1.59. The van der Waals surface area contributed by atoms with Gasteiger partial charge in [-0.2, -0.15) is 0 Å². The number of anilines is 1. The normalized spacial score (nSPS) is 10.6. The van der Waals surface area contributed by atoms with E-state index in [1.165, 1.54) is 11.8 Å². The predicted molar refractivity (Wildman–Crippen MR) is 126 cm³/mol. The van der Waals surface area contributed by atoms with Gasteiger partial charge in [-0.15, -0.1) is 0 Å². The van der Waals surface area contributed by atoms with Gasteiger partial charge in [0.1, 0.15) is 11.5 Å². The Hall–Kier alpha value is -3.51. The Morgan fingerprint density at radius 1 is 0.903 bits per heavy atom. The molecule has 0 aliphatic rings. The number of benzene rings is 3. The van der Waals surface area contributed by atoms with Gasteiger partial charge in [-0.3, -0.25) is 4.79 Å². The number of rotatable bonds is 7. The molecule has 0 radical (unpaired) electrons. The summed E-state index contributed by atoms with van der Waals surface area (Å²) in [6.45, 7) is 0. The van der Waals surface area contributed by atoms with Gasteiger partial charge in [-0.05, 0) is 41.5 Å². The Kier molecular flexibility index (Phi) is 6.38. The number of hydrogen-bond donors (Lipinski definition) is 1. The number of thioether (sulfide) groups is 1. The first-order valence-corrected chi connectivity index (χ1v) is 10.8. The van der Waals surface area contributed by atoms with Crippen LogP contribution in [0, 0.1) is 0 Å². The number of nitrogens with one attached hydrogen (secondary N) is 1. The molecule has 0 spiro atoms. The number of pyridine rings is 1. The van der Waals surface area contributed by atoms with Gasteiger partial charge in [0.25, 0.3) is 0 Å². The van der Waals surface area contributed by atoms with Gasteiger partial charge in [0.2, 0.25) is 5.91 Å². The molecule has 0 fully saturated rings. The molecule has 6 heteroatoms. The molecule has 0 saturated heterocycles. The highest BCUT2D eigenvalue weighted by molar-refractivity contribution is 7.99. The number of carbonyl (C=O) groups is 1. The van der Waals surface area contributed by atoms with Crippen molar-refractivity contribution in [2.45, 2.75) is 5.03 Å². The number of fused-ring (bicyclic) bond motifs is 1. The van der Waals surface area contributed by atoms with Crippen molar-refractivity contribution in [3.8, 4) is 22.6 Å². The molecule has 0 aliphatic heterocycles. The lowest BCUT2D eigenvalue weighted by Gasteiger charge is -2.11. The van der Waals surface area contributed by atoms with E-state index in [1.807, 2.05) is 60.7 Å². The lowest BCUT2D eigenvalue weighted by atomic mass is 10.0. The van der Waals surface area contributed by atoms with E-state index < -0.39 is 0 Å². The maximum absolute atomic E-state index is 12.5. The number of hydrogen-bond acceptors (Lipinski definition) is 5. The zero-order valence-electron chi connectivity index (χ0n) is 17.3. The van der Waals surface area contributed by atoms with Crippen molar-refractivity contribution in [3.63, 3.8) is 0 Å². The van der Waals surface area contributed by atoms with Gasteiger partial charge in [0, 0.05) is 23.2 Å². The summed E-state index contributed by atoms with van der Waals surface area (Å²) in [5, 5.41) is 4.72. The summed E-state index contributed by atoms with van der Waals surface area (Å²) in [7, 11) is 3.24. The van der Waals surface area contributed by atoms with Crippen LogP contribution in [0.2, 0.25) is 0 Å². The molecular formula is C25H22N2O3S. The Labute approximate surface area is 185 Å². The van der Waals surface area contributed by atoms with Crippen LogP contribution < -0.4 is 14.8 Å². The first-order chi connectivity index (χ1) is 15.2. The lowest BCUT2D eigenvalue weighted by Crippen LogP contribution is -2.14. The van der Waals surface area contributed by atoms with Crippen molar-refractivity contribution in [1.29, 1.82) is 0 Å². The van der Waals surface area contributed by atoms with Crippen molar-refractivity contribution in [2.75, 3.05) is 25.3 Å². The van der Waals surface area contributed by atoms with Gasteiger partial charge in [0.05, 0.1) is 30.5 Å². The molecule has 1 heterocycles. The fourth-order valence-corrected chi connectivity index (χ4v) is 3.99. The van der Waals surface area contributed by atoms with E-state index in [4.69, 9.17) is 14.5 Å². The molecule has 1 aromatic heterocycles. The largest absolute Gasteiger partial charge is 0.497 e. The molecule has 4 aromatic rings. The molecule has 0 aliphatic carbocycles. The first-order valence-electron chi connectivity index (χ1n) is 9.77. The van der Waals surface area contributed by atoms with Crippen molar-refractivity contribution >= 4 is 34.3 Å². The first kappa shape index (κ1) is 20.8. The third-order valence-electron chi connectivity index (χ3n) is 4.78. The van der Waals surface area contributed by atoms with E-state index in [0.29, 0.717) is 11.4 Å². The number of ether oxygens (including phenoxy) is 2. The maximum atomic E-state index is 12.5. The van der Waals surface area contributed by atoms with E-state index in [-0.39, 0.29) is 11.7 Å². The van der Waals surface area contributed by atoms with Gasteiger partial charge >= 0.3 is 0 Å². The number of nitrogens with zero attached hydrogens (tertiary/aromatic N) is 1. The molecule has 1 N–H and O–H groups in total. The number of carbonyl (C=O) groups excluding carboxylic acids is 1. The van der Waals surface area contributed by atoms with Gasteiger partial charge in [0.15, 0.2) is 0 Å². The summed E-state index contributed by atoms with van der Waals surface area (Å²) in [4.78, 5) is 17.2. The number of methoxy groups -OCH3 is 2. The minimum atomic E-state index is -0.105. The molecule has 5 nitrogen and oxygen atoms in total. The Bertz CT molecular complexity index is 1210. The number of aromatic nitrogens is 1. The van der Waals surface area contributed by atoms with Crippen molar-refractivity contribution < 1.29 is 14.3 Å². The second-order valence-corrected chi connectivity index (χ2v) is 7.82. The van der Waals surface area contributed by atoms with E-state index in [1.54, 1.807) is 20.3 Å². The zero-order chi connectivity index (χ0) is 21.6. The summed E-state index contributed by atoms with van der Waals surface area (Å²) in [6.07, 6.45) is 0. The van der Waals surface area contributed by atoms with Crippen LogP contribution in [-0.2, 0) is 4.79 Å². The Morgan fingerprint density at radius 3 is 2.45 bits per heavy atom. The van der Waals surface area contributed by atoms with Gasteiger partial charge in [-0.1, -0.05) is 48.2 Å². The fourth-order valence-electron chi connectivity index (χ4n) is 3.28. The average molecular weight is 431 g/mol. The quantitative estimate of drug-likeness (QED) is 0.384. The Morgan fingerprint density at radius 2 is 1.68 bits per heavy atom. The summed E-state index contributed by atoms with van der Waals surface area (Å²) in [5.41, 5.74) is 3.70. The van der Waals surface area contributed by atoms with E-state index >= 15 is 0 Å². The summed E-state index contributed by atoms with van der Waals surface area (Å²) in [6, 6.07) is 25.4. The maximum Gasteiger partial charge on any atom is 0.234 e. The van der Waals surface area contributed by atoms with E-state index in [2.05, 4.69) is 17.4 Å². The minimum absolute atomic E-state index is 0.105. The van der Waals surface area contributed by atoms with Crippen LogP contribution in [0.4, 0.5) is 5.69 Å². The summed E-state index contributed by atoms with van der Waals surface area (Å²) >= 11 is 1.40. The standard InChI is InChI=1S/C25H22N2O3S/c1-29-19-10-6-9-18(13-19)26-24(28)16-31-25-15-22(17-7-4-3-5-8-17)21-12-11-20(30-2)14-23(21)27-25/h3-15H,16H2,1-2H3,(H,26,28). The van der Waals surface area contributed by atoms with Crippen LogP contribution in [0.25, 0.3) is 22.0 Å². The molecule has 0 saturated carbocycles. The van der Waals surface area contributed by atoms with E-state index in [0.717, 1.165) is 32.8 Å². The highest BCUT2D eigenvalue weighted by Gasteiger charge is 2.11. The molecule has 156 valence electrons. The fraction of sp³-hybridized carbons (Fsp3) is 0.120. The molecule has 31 heavy (non-hydrogen) atoms. The molecule has 3 aromatic carbocycles. The van der Waals surface area contributed by atoms with Crippen LogP contribution in [0.1, 0.15) is 0 Å². The molecule has 4 rings (SSSR count). The predicted octanol–water partition coefficient (Wildman–Crippen LogP) is 5.65. The van der Waals surface area contributed by atoms with Crippen LogP contribution in [0.3, 0.4) is 0 Å². The zero-order valence-corrected chi connectivity index (χ0v) is 18.1. The monoisotopic (exact) mass is 430 g/mol. The molecule has 0 bridgehead atoms. The lowest BCUT2D eigenvalue weighted by molar-refractivity contribution is -0.113. The van der Waals surface area contributed by atoms with Gasteiger partial charge < -0.3 is 14.8 Å². The van der Waals surface area contributed by atoms with Crippen molar-refractivity contribution in [1.82, 2.24) is 4.98 Å². The summed E-state index contributed by atoms with van der Waals surface area (Å²) < 4.78 is 10.6. The SMILES string of the molecule is COc1cccc(NC(=O)CSc2cc(-c3ccccc3)c3ccc(OC)cc3n2)c1. The van der Waals surface area contributed by atoms with Gasteiger partial charge in [-0.25, -0.2) is 4.98 Å². The second kappa shape index (κ2) is 9.53. The molecular weight excluding hydrogens is 408 g/mol. The summed E-state index contributed by atoms with van der Waals surface area (Å²) in [5.74, 6) is 1.58. The third-order valence-corrected chi connectivity index (χ3v) is 5.69. The topological polar surface area (TPSA) is 60.5 Å². The van der Waals surface area contributed by atoms with Crippen LogP contribution in [-0.4, -0.2) is 30.9 Å². The second-order valence-electron chi connectivity index (χ2n) is 6.83. The molecule has 1 amide bonds. The highest BCUT2D eigenvalue weighted by atomic mass is 32.2. The highest BCUT2D eigenvalue weighted by Crippen LogP contribution is 2.33. The van der Waals surface area contributed by atoms with Crippen LogP contribution >= 0.6 is 11.8 Å². The third kappa shape index (κ3) is 4.98. The van der Waals surface area contributed by atoms with Crippen LogP contribution in [0.15, 0.2) is 83.9 Å². The minimum Gasteiger partial charge on any atom is -0.497 e. The molecule has 0 atom stereocenters. The van der Waals surface area contributed by atoms with Crippen molar-refractivity contribution in [3.05, 3.63) is 78.9 Å².